The minimum atomic E-state index is -4.42. The maximum atomic E-state index is 12.9. The van der Waals surface area contributed by atoms with Crippen molar-refractivity contribution >= 4 is 9.27 Å². The zero-order chi connectivity index (χ0) is 19.0. The zero-order valence-electron chi connectivity index (χ0n) is 16.4. The van der Waals surface area contributed by atoms with Gasteiger partial charge in [-0.05, 0) is 0 Å². The quantitative estimate of drug-likeness (QED) is 0.239. The fraction of sp³-hybridized carbons (Fsp3) is 0.889. The molecule has 0 saturated carbocycles. The average molecular weight is 440 g/mol. The van der Waals surface area contributed by atoms with E-state index in [1.54, 1.807) is 0 Å². The van der Waals surface area contributed by atoms with Crippen LogP contribution in [0.25, 0.3) is 0 Å². The van der Waals surface area contributed by atoms with E-state index in [9.17, 15) is 9.59 Å². The molecule has 0 spiro atoms. The predicted molar refractivity (Wildman–Crippen MR) is 93.7 cm³/mol. The first-order valence-electron chi connectivity index (χ1n) is 9.60. The number of hydrogen-bond donors (Lipinski definition) is 0. The van der Waals surface area contributed by atoms with E-state index in [1.165, 1.54) is 0 Å². The number of ketones is 1. The van der Waals surface area contributed by atoms with E-state index >= 15 is 0 Å². The number of ether oxygens (including phenoxy) is 1. The Morgan fingerprint density at radius 2 is 1.20 bits per heavy atom. The number of unbranched alkanes of at least 4 members (excludes halogenated alkanes) is 3. The molecule has 0 aliphatic heterocycles. The molecule has 148 valence electrons. The summed E-state index contributed by atoms with van der Waals surface area (Å²) in [7, 11) is 0. The molecule has 0 aliphatic rings. The van der Waals surface area contributed by atoms with Crippen molar-refractivity contribution in [3.63, 3.8) is 0 Å². The summed E-state index contributed by atoms with van der Waals surface area (Å²) in [5.41, 5.74) is 0. The zero-order valence-corrected chi connectivity index (χ0v) is 18.9. The van der Waals surface area contributed by atoms with Gasteiger partial charge in [0.05, 0.1) is 0 Å². The van der Waals surface area contributed by atoms with Crippen molar-refractivity contribution in [1.82, 2.24) is 0 Å². The van der Waals surface area contributed by atoms with Crippen molar-refractivity contribution in [2.45, 2.75) is 72.6 Å². The Morgan fingerprint density at radius 1 is 0.760 bits per heavy atom. The van der Waals surface area contributed by atoms with Gasteiger partial charge in [-0.25, -0.2) is 0 Å². The number of rotatable bonds is 18. The molecule has 0 aromatic rings. The molecule has 0 aromatic carbocycles. The van der Waals surface area contributed by atoms with E-state index in [1.807, 2.05) is 6.92 Å². The Bertz CT molecular complexity index is 335. The van der Waals surface area contributed by atoms with Crippen molar-refractivity contribution in [2.75, 3.05) is 33.0 Å². The fourth-order valence-electron chi connectivity index (χ4n) is 1.97. The molecule has 0 amide bonds. The van der Waals surface area contributed by atoms with E-state index in [-0.39, 0.29) is 22.3 Å². The molecule has 0 rings (SSSR count). The molecule has 0 aromatic heterocycles. The van der Waals surface area contributed by atoms with Crippen LogP contribution in [-0.2, 0) is 44.4 Å². The third kappa shape index (κ3) is 11.4. The van der Waals surface area contributed by atoms with E-state index < -0.39 is 21.6 Å². The molecule has 0 N–H and O–H groups in total. The molecule has 7 heteroatoms. The summed E-state index contributed by atoms with van der Waals surface area (Å²) in [5, 5.41) is 0. The van der Waals surface area contributed by atoms with Gasteiger partial charge in [0.1, 0.15) is 0 Å². The first-order chi connectivity index (χ1) is 12.1. The van der Waals surface area contributed by atoms with Gasteiger partial charge < -0.3 is 0 Å². The van der Waals surface area contributed by atoms with Gasteiger partial charge in [0, 0.05) is 0 Å². The molecule has 0 saturated heterocycles. The van der Waals surface area contributed by atoms with Gasteiger partial charge >= 0.3 is 159 Å². The van der Waals surface area contributed by atoms with Gasteiger partial charge in [0.25, 0.3) is 0 Å². The van der Waals surface area contributed by atoms with Gasteiger partial charge in [-0.2, -0.15) is 0 Å². The van der Waals surface area contributed by atoms with Crippen molar-refractivity contribution < 1.29 is 44.4 Å². The molecule has 0 atom stereocenters. The van der Waals surface area contributed by atoms with Gasteiger partial charge in [-0.3, -0.25) is 0 Å². The summed E-state index contributed by atoms with van der Waals surface area (Å²) in [6.45, 7) is 9.71. The second kappa shape index (κ2) is 16.3. The number of carbonyl (C=O) groups is 2. The predicted octanol–water partition coefficient (Wildman–Crippen LogP) is 3.86. The monoisotopic (exact) mass is 438 g/mol. The SMILES string of the molecule is CCCC[O][Zr]([O]CCCC)([O]CCCC)[C](=O)CC(=O)COCC. The third-order valence-electron chi connectivity index (χ3n) is 3.54. The van der Waals surface area contributed by atoms with Crippen molar-refractivity contribution in [3.8, 4) is 0 Å². The van der Waals surface area contributed by atoms with Crippen LogP contribution in [0.15, 0.2) is 0 Å². The summed E-state index contributed by atoms with van der Waals surface area (Å²) < 4.78 is 22.7. The Labute approximate surface area is 159 Å². The van der Waals surface area contributed by atoms with Gasteiger partial charge in [0.15, 0.2) is 0 Å². The Morgan fingerprint density at radius 3 is 1.56 bits per heavy atom. The molecule has 25 heavy (non-hydrogen) atoms. The van der Waals surface area contributed by atoms with Crippen LogP contribution in [0.5, 0.6) is 0 Å². The van der Waals surface area contributed by atoms with Crippen LogP contribution >= 0.6 is 0 Å². The maximum absolute atomic E-state index is 12.9. The number of Topliss-reactive ketones (excluding diaryl/α,β-unsaturated/α-hetero) is 1. The van der Waals surface area contributed by atoms with Crippen LogP contribution in [0, 0.1) is 0 Å². The van der Waals surface area contributed by atoms with Crippen LogP contribution < -0.4 is 0 Å². The number of hydrogen-bond acceptors (Lipinski definition) is 6. The second-order valence-electron chi connectivity index (χ2n) is 5.94. The normalized spacial score (nSPS) is 11.7. The second-order valence-corrected chi connectivity index (χ2v) is 12.2. The Kier molecular flexibility index (Phi) is 16.3. The fourth-order valence-corrected chi connectivity index (χ4v) is 7.84. The van der Waals surface area contributed by atoms with Crippen LogP contribution in [0.2, 0.25) is 0 Å². The van der Waals surface area contributed by atoms with E-state index in [4.69, 9.17) is 13.2 Å². The first-order valence-corrected chi connectivity index (χ1v) is 13.8. The Balaban J connectivity index is 5.07. The first kappa shape index (κ1) is 25.1. The van der Waals surface area contributed by atoms with Crippen LogP contribution in [-0.4, -0.2) is 42.3 Å². The summed E-state index contributed by atoms with van der Waals surface area (Å²) in [4.78, 5) is 24.8. The summed E-state index contributed by atoms with van der Waals surface area (Å²) >= 11 is -4.42. The van der Waals surface area contributed by atoms with Crippen molar-refractivity contribution in [3.05, 3.63) is 0 Å². The molecule has 0 unspecified atom stereocenters. The molecule has 0 fully saturated rings. The summed E-state index contributed by atoms with van der Waals surface area (Å²) in [6.07, 6.45) is 5.18. The van der Waals surface area contributed by atoms with E-state index in [0.717, 1.165) is 38.5 Å². The van der Waals surface area contributed by atoms with Crippen molar-refractivity contribution in [2.24, 2.45) is 0 Å². The summed E-state index contributed by atoms with van der Waals surface area (Å²) in [5.74, 6) is -0.245. The molecule has 0 bridgehead atoms. The standard InChI is InChI=1S/C6H9O3.3C4H9O.Zr/c1-2-9-5-6(8)3-4-7;3*1-2-3-4-5;/h2-3,5H2,1H3;3*2-4H2,1H3;/q;3*-1;+3. The van der Waals surface area contributed by atoms with Crippen LogP contribution in [0.4, 0.5) is 0 Å². The average Bonchev–Trinajstić information content (AvgIpc) is 2.60. The molecule has 0 radical (unpaired) electrons. The molecule has 6 nitrogen and oxygen atoms in total. The van der Waals surface area contributed by atoms with E-state index in [2.05, 4.69) is 20.8 Å². The Hall–Kier alpha value is 0.0631. The van der Waals surface area contributed by atoms with Crippen LogP contribution in [0.1, 0.15) is 72.6 Å². The molecule has 0 heterocycles. The molecular formula is C18H36O6Zr. The summed E-state index contributed by atoms with van der Waals surface area (Å²) in [6, 6.07) is 0. The topological polar surface area (TPSA) is 71.1 Å². The van der Waals surface area contributed by atoms with Crippen LogP contribution in [0.3, 0.4) is 0 Å². The van der Waals surface area contributed by atoms with Crippen molar-refractivity contribution in [1.29, 1.82) is 0 Å². The third-order valence-corrected chi connectivity index (χ3v) is 9.96. The van der Waals surface area contributed by atoms with Gasteiger partial charge in [0.2, 0.25) is 0 Å². The minimum absolute atomic E-state index is 0.0525. The van der Waals surface area contributed by atoms with Gasteiger partial charge in [-0.1, -0.05) is 0 Å². The van der Waals surface area contributed by atoms with E-state index in [0.29, 0.717) is 26.4 Å². The molecule has 0 aliphatic carbocycles. The number of carbonyl (C=O) groups excluding carboxylic acids is 2. The molecular weight excluding hydrogens is 403 g/mol. The van der Waals surface area contributed by atoms with Gasteiger partial charge in [-0.15, -0.1) is 0 Å².